The van der Waals surface area contributed by atoms with Gasteiger partial charge in [-0.1, -0.05) is 0 Å². The van der Waals surface area contributed by atoms with Crippen molar-refractivity contribution in [2.24, 2.45) is 0 Å². The molecule has 1 atom stereocenters. The third-order valence-electron chi connectivity index (χ3n) is 2.44. The molecule has 0 N–H and O–H groups in total. The highest BCUT2D eigenvalue weighted by Crippen LogP contribution is 2.20. The van der Waals surface area contributed by atoms with Crippen molar-refractivity contribution in [3.05, 3.63) is 40.8 Å². The summed E-state index contributed by atoms with van der Waals surface area (Å²) in [7, 11) is 1.29. The summed E-state index contributed by atoms with van der Waals surface area (Å²) in [4.78, 5) is 22.3. The molecule has 0 aliphatic rings. The van der Waals surface area contributed by atoms with Gasteiger partial charge >= 0.3 is 11.6 Å². The quantitative estimate of drug-likeness (QED) is 0.611. The average molecular weight is 248 g/mol. The Bertz CT molecular complexity index is 629. The Kier molecular flexibility index (Phi) is 3.32. The van der Waals surface area contributed by atoms with Crippen LogP contribution in [0.3, 0.4) is 0 Å². The summed E-state index contributed by atoms with van der Waals surface area (Å²) in [5, 5.41) is 0.785. The van der Waals surface area contributed by atoms with Gasteiger partial charge in [0, 0.05) is 17.5 Å². The van der Waals surface area contributed by atoms with Crippen molar-refractivity contribution in [3.63, 3.8) is 0 Å². The minimum atomic E-state index is -0.720. The Hall–Kier alpha value is -2.30. The molecule has 18 heavy (non-hydrogen) atoms. The first-order valence-electron chi connectivity index (χ1n) is 5.38. The predicted molar refractivity (Wildman–Crippen MR) is 64.6 cm³/mol. The lowest BCUT2D eigenvalue weighted by Crippen LogP contribution is -2.24. The van der Waals surface area contributed by atoms with E-state index in [4.69, 9.17) is 9.15 Å². The molecule has 0 aliphatic carbocycles. The van der Waals surface area contributed by atoms with Crippen LogP contribution >= 0.6 is 0 Å². The molecule has 0 spiro atoms. The molecule has 0 fully saturated rings. The molecule has 0 radical (unpaired) electrons. The number of benzene rings is 1. The van der Waals surface area contributed by atoms with E-state index < -0.39 is 17.7 Å². The molecule has 2 aromatic rings. The molecular weight excluding hydrogens is 236 g/mol. The van der Waals surface area contributed by atoms with Gasteiger partial charge in [0.1, 0.15) is 11.3 Å². The van der Waals surface area contributed by atoms with E-state index in [1.54, 1.807) is 31.2 Å². The van der Waals surface area contributed by atoms with E-state index in [2.05, 4.69) is 4.74 Å². The second kappa shape index (κ2) is 4.91. The second-order valence-electron chi connectivity index (χ2n) is 3.74. The van der Waals surface area contributed by atoms with Gasteiger partial charge in [0.05, 0.1) is 7.11 Å². The number of esters is 1. The Morgan fingerprint density at radius 2 is 2.00 bits per heavy atom. The van der Waals surface area contributed by atoms with Crippen LogP contribution in [0, 0.1) is 0 Å². The standard InChI is InChI=1S/C13H12O5/c1-8(13(15)16-2)17-10-5-3-9-4-6-12(14)18-11(9)7-10/h3-8H,1-2H3/t8-/m1/s1. The van der Waals surface area contributed by atoms with Crippen molar-refractivity contribution in [1.82, 2.24) is 0 Å². The minimum absolute atomic E-state index is 0.414. The Morgan fingerprint density at radius 1 is 1.28 bits per heavy atom. The normalized spacial score (nSPS) is 12.1. The first-order chi connectivity index (χ1) is 8.60. The largest absolute Gasteiger partial charge is 0.479 e. The maximum Gasteiger partial charge on any atom is 0.346 e. The fourth-order valence-electron chi connectivity index (χ4n) is 1.53. The van der Waals surface area contributed by atoms with E-state index in [0.29, 0.717) is 11.3 Å². The summed E-state index contributed by atoms with van der Waals surface area (Å²) in [6, 6.07) is 8.02. The summed E-state index contributed by atoms with van der Waals surface area (Å²) < 4.78 is 15.0. The van der Waals surface area contributed by atoms with Crippen molar-refractivity contribution in [3.8, 4) is 5.75 Å². The number of ether oxygens (including phenoxy) is 2. The number of carbonyl (C=O) groups is 1. The number of fused-ring (bicyclic) bond motifs is 1. The van der Waals surface area contributed by atoms with Gasteiger partial charge in [-0.15, -0.1) is 0 Å². The lowest BCUT2D eigenvalue weighted by Gasteiger charge is -2.12. The molecule has 1 aromatic carbocycles. The molecule has 2 rings (SSSR count). The van der Waals surface area contributed by atoms with Crippen molar-refractivity contribution in [2.75, 3.05) is 7.11 Å². The van der Waals surface area contributed by atoms with Crippen molar-refractivity contribution in [2.45, 2.75) is 13.0 Å². The Balaban J connectivity index is 2.29. The van der Waals surface area contributed by atoms with Crippen LogP contribution in [0.2, 0.25) is 0 Å². The molecule has 94 valence electrons. The Morgan fingerprint density at radius 3 is 2.72 bits per heavy atom. The van der Waals surface area contributed by atoms with E-state index in [0.717, 1.165) is 5.39 Å². The summed E-state index contributed by atoms with van der Waals surface area (Å²) in [6.07, 6.45) is -0.720. The summed E-state index contributed by atoms with van der Waals surface area (Å²) in [6.45, 7) is 1.58. The molecule has 1 heterocycles. The van der Waals surface area contributed by atoms with Crippen LogP contribution in [0.15, 0.2) is 39.5 Å². The van der Waals surface area contributed by atoms with Crippen LogP contribution in [-0.2, 0) is 9.53 Å². The molecule has 0 bridgehead atoms. The van der Waals surface area contributed by atoms with Crippen LogP contribution in [0.1, 0.15) is 6.92 Å². The highest BCUT2D eigenvalue weighted by atomic mass is 16.6. The van der Waals surface area contributed by atoms with Gasteiger partial charge in [-0.2, -0.15) is 0 Å². The van der Waals surface area contributed by atoms with E-state index in [9.17, 15) is 9.59 Å². The summed E-state index contributed by atoms with van der Waals surface area (Å²) in [5.74, 6) is -0.0284. The fourth-order valence-corrected chi connectivity index (χ4v) is 1.53. The SMILES string of the molecule is COC(=O)[C@@H](C)Oc1ccc2ccc(=O)oc2c1. The van der Waals surface area contributed by atoms with Gasteiger partial charge in [0.15, 0.2) is 6.10 Å². The molecule has 0 aliphatic heterocycles. The lowest BCUT2D eigenvalue weighted by atomic mass is 10.2. The molecule has 0 saturated heterocycles. The number of hydrogen-bond acceptors (Lipinski definition) is 5. The molecule has 0 unspecified atom stereocenters. The van der Waals surface area contributed by atoms with E-state index in [-0.39, 0.29) is 0 Å². The molecule has 5 heteroatoms. The highest BCUT2D eigenvalue weighted by Gasteiger charge is 2.14. The van der Waals surface area contributed by atoms with E-state index in [1.807, 2.05) is 0 Å². The number of hydrogen-bond donors (Lipinski definition) is 0. The van der Waals surface area contributed by atoms with Crippen LogP contribution < -0.4 is 10.4 Å². The minimum Gasteiger partial charge on any atom is -0.479 e. The predicted octanol–water partition coefficient (Wildman–Crippen LogP) is 1.73. The van der Waals surface area contributed by atoms with Gasteiger partial charge in [-0.05, 0) is 25.1 Å². The summed E-state index contributed by atoms with van der Waals surface area (Å²) in [5.41, 5.74) is -0.0160. The van der Waals surface area contributed by atoms with Crippen LogP contribution in [0.25, 0.3) is 11.0 Å². The zero-order chi connectivity index (χ0) is 13.1. The van der Waals surface area contributed by atoms with Crippen LogP contribution in [0.4, 0.5) is 0 Å². The van der Waals surface area contributed by atoms with Crippen molar-refractivity contribution in [1.29, 1.82) is 0 Å². The highest BCUT2D eigenvalue weighted by molar-refractivity contribution is 5.78. The van der Waals surface area contributed by atoms with E-state index >= 15 is 0 Å². The van der Waals surface area contributed by atoms with Gasteiger partial charge in [-0.3, -0.25) is 0 Å². The maximum atomic E-state index is 11.2. The molecule has 0 amide bonds. The summed E-state index contributed by atoms with van der Waals surface area (Å²) >= 11 is 0. The first kappa shape index (κ1) is 12.2. The number of methoxy groups -OCH3 is 1. The van der Waals surface area contributed by atoms with Crippen molar-refractivity contribution >= 4 is 16.9 Å². The number of rotatable bonds is 3. The smallest absolute Gasteiger partial charge is 0.346 e. The second-order valence-corrected chi connectivity index (χ2v) is 3.74. The van der Waals surface area contributed by atoms with Gasteiger partial charge in [0.25, 0.3) is 0 Å². The van der Waals surface area contributed by atoms with Crippen LogP contribution in [-0.4, -0.2) is 19.2 Å². The van der Waals surface area contributed by atoms with Gasteiger partial charge in [-0.25, -0.2) is 9.59 Å². The third-order valence-corrected chi connectivity index (χ3v) is 2.44. The molecule has 1 aromatic heterocycles. The molecular formula is C13H12O5. The Labute approximate surface area is 103 Å². The van der Waals surface area contributed by atoms with Crippen molar-refractivity contribution < 1.29 is 18.7 Å². The zero-order valence-electron chi connectivity index (χ0n) is 10.0. The lowest BCUT2D eigenvalue weighted by molar-refractivity contribution is -0.147. The van der Waals surface area contributed by atoms with E-state index in [1.165, 1.54) is 13.2 Å². The first-order valence-corrected chi connectivity index (χ1v) is 5.38. The average Bonchev–Trinajstić information content (AvgIpc) is 2.37. The van der Waals surface area contributed by atoms with Crippen LogP contribution in [0.5, 0.6) is 5.75 Å². The zero-order valence-corrected chi connectivity index (χ0v) is 10.0. The third kappa shape index (κ3) is 2.51. The number of carbonyl (C=O) groups excluding carboxylic acids is 1. The molecule has 5 nitrogen and oxygen atoms in total. The monoisotopic (exact) mass is 248 g/mol. The maximum absolute atomic E-state index is 11.2. The topological polar surface area (TPSA) is 65.7 Å². The molecule has 0 saturated carbocycles. The van der Waals surface area contributed by atoms with Gasteiger partial charge in [0.2, 0.25) is 0 Å². The fraction of sp³-hybridized carbons (Fsp3) is 0.231. The van der Waals surface area contributed by atoms with Gasteiger partial charge < -0.3 is 13.9 Å².